The molecular weight excluding hydrogens is 244 g/mol. The van der Waals surface area contributed by atoms with Crippen molar-refractivity contribution in [2.75, 3.05) is 17.3 Å². The van der Waals surface area contributed by atoms with Crippen LogP contribution in [0.5, 0.6) is 5.75 Å². The summed E-state index contributed by atoms with van der Waals surface area (Å²) < 4.78 is 5.39. The van der Waals surface area contributed by atoms with Crippen molar-refractivity contribution in [3.63, 3.8) is 0 Å². The molecule has 2 rings (SSSR count). The van der Waals surface area contributed by atoms with Crippen LogP contribution in [0.1, 0.15) is 6.92 Å². The van der Waals surface area contributed by atoms with Crippen molar-refractivity contribution in [3.05, 3.63) is 18.2 Å². The number of rotatable bonds is 1. The van der Waals surface area contributed by atoms with Gasteiger partial charge in [0.2, 0.25) is 0 Å². The van der Waals surface area contributed by atoms with Gasteiger partial charge in [0.1, 0.15) is 5.75 Å². The molecule has 1 atom stereocenters. The molecule has 1 aliphatic heterocycles. The van der Waals surface area contributed by atoms with Crippen molar-refractivity contribution in [1.29, 1.82) is 0 Å². The summed E-state index contributed by atoms with van der Waals surface area (Å²) in [6.45, 7) is 1.57. The lowest BCUT2D eigenvalue weighted by molar-refractivity contribution is -0.124. The minimum Gasteiger partial charge on any atom is -0.479 e. The molecule has 1 aromatic rings. The van der Waals surface area contributed by atoms with Gasteiger partial charge in [-0.1, -0.05) is 0 Å². The van der Waals surface area contributed by atoms with Crippen molar-refractivity contribution in [1.82, 2.24) is 0 Å². The number of carbonyl (C=O) groups is 2. The third-order valence-corrected chi connectivity index (χ3v) is 2.71. The molecule has 2 amide bonds. The maximum absolute atomic E-state index is 11.8. The molecule has 5 nitrogen and oxygen atoms in total. The van der Waals surface area contributed by atoms with E-state index >= 15 is 0 Å². The molecule has 90 valence electrons. The van der Waals surface area contributed by atoms with Gasteiger partial charge >= 0.3 is 5.37 Å². The van der Waals surface area contributed by atoms with E-state index < -0.39 is 17.4 Å². The number of halogens is 1. The summed E-state index contributed by atoms with van der Waals surface area (Å²) in [7, 11) is 1.74. The van der Waals surface area contributed by atoms with E-state index in [1.54, 1.807) is 32.2 Å². The molecule has 0 radical (unpaired) electrons. The van der Waals surface area contributed by atoms with Crippen LogP contribution in [0.3, 0.4) is 0 Å². The smallest absolute Gasteiger partial charge is 0.327 e. The van der Waals surface area contributed by atoms with Gasteiger partial charge < -0.3 is 10.1 Å². The van der Waals surface area contributed by atoms with Crippen LogP contribution >= 0.6 is 11.6 Å². The first-order valence-corrected chi connectivity index (χ1v) is 5.44. The molecule has 1 aromatic carbocycles. The predicted octanol–water partition coefficient (Wildman–Crippen LogP) is 2.20. The SMILES string of the molecule is CNc1ccc2c(c1)N(C(=O)Cl)C(=O)C(C)O2. The van der Waals surface area contributed by atoms with Crippen LogP contribution in [0.2, 0.25) is 0 Å². The van der Waals surface area contributed by atoms with Gasteiger partial charge in [0.25, 0.3) is 5.91 Å². The van der Waals surface area contributed by atoms with Gasteiger partial charge in [0.15, 0.2) is 6.10 Å². The average molecular weight is 255 g/mol. The summed E-state index contributed by atoms with van der Waals surface area (Å²) in [5, 5.41) is 2.08. The van der Waals surface area contributed by atoms with E-state index in [1.165, 1.54) is 0 Å². The number of carbonyl (C=O) groups excluding carboxylic acids is 2. The summed E-state index contributed by atoms with van der Waals surface area (Å²) in [4.78, 5) is 24.0. The third-order valence-electron chi connectivity index (χ3n) is 2.54. The highest BCUT2D eigenvalue weighted by Crippen LogP contribution is 2.36. The van der Waals surface area contributed by atoms with Gasteiger partial charge in [-0.15, -0.1) is 0 Å². The first kappa shape index (κ1) is 11.7. The Morgan fingerprint density at radius 2 is 2.24 bits per heavy atom. The van der Waals surface area contributed by atoms with Crippen LogP contribution in [0.25, 0.3) is 0 Å². The first-order chi connectivity index (χ1) is 8.04. The standard InChI is InChI=1S/C11H11ClN2O3/c1-6-10(15)14(11(12)16)8-5-7(13-2)3-4-9(8)17-6/h3-6,13H,1-2H3. The van der Waals surface area contributed by atoms with Crippen molar-refractivity contribution < 1.29 is 14.3 Å². The number of nitrogens with zero attached hydrogens (tertiary/aromatic N) is 1. The molecule has 0 saturated heterocycles. The molecule has 0 fully saturated rings. The van der Waals surface area contributed by atoms with Crippen molar-refractivity contribution in [2.24, 2.45) is 0 Å². The Kier molecular flexibility index (Phi) is 2.93. The summed E-state index contributed by atoms with van der Waals surface area (Å²) in [6.07, 6.45) is -0.717. The monoisotopic (exact) mass is 254 g/mol. The van der Waals surface area contributed by atoms with E-state index in [0.717, 1.165) is 10.6 Å². The van der Waals surface area contributed by atoms with Crippen molar-refractivity contribution in [2.45, 2.75) is 13.0 Å². The number of amides is 2. The Labute approximate surface area is 103 Å². The molecule has 0 saturated carbocycles. The zero-order valence-electron chi connectivity index (χ0n) is 9.36. The fourth-order valence-electron chi connectivity index (χ4n) is 1.67. The van der Waals surface area contributed by atoms with Crippen molar-refractivity contribution >= 4 is 34.2 Å². The Hall–Kier alpha value is -1.75. The van der Waals surface area contributed by atoms with Crippen LogP contribution in [0.15, 0.2) is 18.2 Å². The van der Waals surface area contributed by atoms with Crippen LogP contribution in [0, 0.1) is 0 Å². The van der Waals surface area contributed by atoms with Gasteiger partial charge in [0.05, 0.1) is 5.69 Å². The number of hydrogen-bond donors (Lipinski definition) is 1. The molecule has 17 heavy (non-hydrogen) atoms. The summed E-state index contributed by atoms with van der Waals surface area (Å²) in [6, 6.07) is 5.12. The minimum atomic E-state index is -0.834. The maximum Gasteiger partial charge on any atom is 0.327 e. The lowest BCUT2D eigenvalue weighted by Gasteiger charge is -2.30. The van der Waals surface area contributed by atoms with E-state index in [-0.39, 0.29) is 0 Å². The molecule has 1 unspecified atom stereocenters. The number of nitrogens with one attached hydrogen (secondary N) is 1. The number of ether oxygens (including phenoxy) is 1. The van der Waals surface area contributed by atoms with Crippen LogP contribution in [-0.2, 0) is 4.79 Å². The highest BCUT2D eigenvalue weighted by atomic mass is 35.5. The lowest BCUT2D eigenvalue weighted by atomic mass is 10.2. The Morgan fingerprint density at radius 3 is 2.82 bits per heavy atom. The molecule has 1 N–H and O–H groups in total. The molecule has 0 aromatic heterocycles. The van der Waals surface area contributed by atoms with Gasteiger partial charge in [-0.05, 0) is 36.7 Å². The third kappa shape index (κ3) is 1.93. The minimum absolute atomic E-state index is 0.361. The second-order valence-electron chi connectivity index (χ2n) is 3.62. The fourth-order valence-corrected chi connectivity index (χ4v) is 1.84. The average Bonchev–Trinajstić information content (AvgIpc) is 2.29. The maximum atomic E-state index is 11.8. The van der Waals surface area contributed by atoms with Gasteiger partial charge in [-0.2, -0.15) is 0 Å². The highest BCUT2D eigenvalue weighted by Gasteiger charge is 2.35. The van der Waals surface area contributed by atoms with E-state index in [9.17, 15) is 9.59 Å². The topological polar surface area (TPSA) is 58.6 Å². The van der Waals surface area contributed by atoms with E-state index in [1.807, 2.05) is 0 Å². The van der Waals surface area contributed by atoms with Gasteiger partial charge in [-0.3, -0.25) is 9.59 Å². The van der Waals surface area contributed by atoms with Crippen LogP contribution in [0.4, 0.5) is 16.2 Å². The molecule has 0 aliphatic carbocycles. The second kappa shape index (κ2) is 4.25. The molecular formula is C11H11ClN2O3. The van der Waals surface area contributed by atoms with E-state index in [4.69, 9.17) is 16.3 Å². The quantitative estimate of drug-likeness (QED) is 0.617. The largest absolute Gasteiger partial charge is 0.479 e. The summed E-state index contributed by atoms with van der Waals surface area (Å²) in [5.74, 6) is -0.00384. The van der Waals surface area contributed by atoms with Gasteiger partial charge in [-0.25, -0.2) is 4.90 Å². The zero-order chi connectivity index (χ0) is 12.6. The molecule has 6 heteroatoms. The fraction of sp³-hybridized carbons (Fsp3) is 0.273. The molecule has 1 heterocycles. The number of hydrogen-bond acceptors (Lipinski definition) is 4. The lowest BCUT2D eigenvalue weighted by Crippen LogP contribution is -2.45. The van der Waals surface area contributed by atoms with Crippen LogP contribution in [-0.4, -0.2) is 24.4 Å². The number of imide groups is 1. The predicted molar refractivity (Wildman–Crippen MR) is 64.8 cm³/mol. The van der Waals surface area contributed by atoms with E-state index in [0.29, 0.717) is 11.4 Å². The summed E-state index contributed by atoms with van der Waals surface area (Å²) in [5.41, 5.74) is 1.12. The first-order valence-electron chi connectivity index (χ1n) is 5.06. The highest BCUT2D eigenvalue weighted by molar-refractivity contribution is 6.68. The molecule has 0 spiro atoms. The Bertz CT molecular complexity index is 490. The van der Waals surface area contributed by atoms with Gasteiger partial charge in [0, 0.05) is 12.7 Å². The molecule has 1 aliphatic rings. The zero-order valence-corrected chi connectivity index (χ0v) is 10.1. The molecule has 0 bridgehead atoms. The number of fused-ring (bicyclic) bond motifs is 1. The number of benzene rings is 1. The summed E-state index contributed by atoms with van der Waals surface area (Å²) >= 11 is 5.43. The Balaban J connectivity index is 2.55. The number of anilines is 2. The second-order valence-corrected chi connectivity index (χ2v) is 3.94. The van der Waals surface area contributed by atoms with Crippen molar-refractivity contribution in [3.8, 4) is 5.75 Å². The Morgan fingerprint density at radius 1 is 1.53 bits per heavy atom. The van der Waals surface area contributed by atoms with Crippen LogP contribution < -0.4 is 15.0 Å². The van der Waals surface area contributed by atoms with E-state index in [2.05, 4.69) is 5.32 Å². The normalized spacial score (nSPS) is 18.4.